The molecule has 2 aromatic carbocycles. The quantitative estimate of drug-likeness (QED) is 0.164. The van der Waals surface area contributed by atoms with E-state index >= 15 is 0 Å². The number of nitro benzene ring substituents is 1. The minimum atomic E-state index is -1.12. The summed E-state index contributed by atoms with van der Waals surface area (Å²) in [7, 11) is 0. The number of halogens is 1. The number of rotatable bonds is 8. The fraction of sp³-hybridized carbons (Fsp3) is 0.238. The van der Waals surface area contributed by atoms with Crippen LogP contribution in [0.5, 0.6) is 0 Å². The van der Waals surface area contributed by atoms with Gasteiger partial charge in [-0.3, -0.25) is 19.7 Å². The molecular formula is C21H19FN2O7. The Morgan fingerprint density at radius 3 is 2.58 bits per heavy atom. The van der Waals surface area contributed by atoms with Crippen LogP contribution in [-0.2, 0) is 14.3 Å². The van der Waals surface area contributed by atoms with Gasteiger partial charge in [0.25, 0.3) is 17.4 Å². The minimum Gasteiger partial charge on any atom is -0.507 e. The molecule has 1 fully saturated rings. The second-order valence-corrected chi connectivity index (χ2v) is 6.69. The van der Waals surface area contributed by atoms with Crippen molar-refractivity contribution in [3.8, 4) is 0 Å². The molecule has 2 N–H and O–H groups in total. The monoisotopic (exact) mass is 430 g/mol. The Morgan fingerprint density at radius 2 is 1.90 bits per heavy atom. The average Bonchev–Trinajstić information content (AvgIpc) is 3.01. The van der Waals surface area contributed by atoms with E-state index < -0.39 is 34.2 Å². The summed E-state index contributed by atoms with van der Waals surface area (Å²) in [5, 5.41) is 30.7. The number of nitrogens with zero attached hydrogens (tertiary/aromatic N) is 2. The van der Waals surface area contributed by atoms with Gasteiger partial charge in [-0.25, -0.2) is 4.39 Å². The predicted octanol–water partition coefficient (Wildman–Crippen LogP) is 2.16. The number of carbonyl (C=O) groups is 2. The first-order chi connectivity index (χ1) is 14.8. The molecule has 0 radical (unpaired) electrons. The summed E-state index contributed by atoms with van der Waals surface area (Å²) >= 11 is 0. The van der Waals surface area contributed by atoms with Crippen molar-refractivity contribution >= 4 is 23.1 Å². The van der Waals surface area contributed by atoms with Crippen molar-refractivity contribution < 1.29 is 33.9 Å². The van der Waals surface area contributed by atoms with Crippen LogP contribution in [0.25, 0.3) is 5.76 Å². The van der Waals surface area contributed by atoms with Gasteiger partial charge in [0.1, 0.15) is 11.6 Å². The van der Waals surface area contributed by atoms with Crippen LogP contribution in [0.3, 0.4) is 0 Å². The number of carbonyl (C=O) groups excluding carboxylic acids is 2. The largest absolute Gasteiger partial charge is 0.507 e. The molecule has 1 atom stereocenters. The van der Waals surface area contributed by atoms with E-state index in [9.17, 15) is 29.2 Å². The number of ketones is 1. The van der Waals surface area contributed by atoms with Crippen LogP contribution in [0.15, 0.2) is 54.1 Å². The van der Waals surface area contributed by atoms with E-state index in [1.165, 1.54) is 36.4 Å². The number of Topliss-reactive ketones (excluding diaryl/α,β-unsaturated/α-hetero) is 1. The van der Waals surface area contributed by atoms with Crippen LogP contribution in [0.1, 0.15) is 17.2 Å². The number of aliphatic hydroxyl groups excluding tert-OH is 2. The normalized spacial score (nSPS) is 17.9. The maximum absolute atomic E-state index is 13.9. The third-order valence-corrected chi connectivity index (χ3v) is 4.75. The van der Waals surface area contributed by atoms with E-state index in [2.05, 4.69) is 0 Å². The summed E-state index contributed by atoms with van der Waals surface area (Å²) in [6, 6.07) is 9.12. The van der Waals surface area contributed by atoms with Crippen LogP contribution in [0.4, 0.5) is 10.1 Å². The van der Waals surface area contributed by atoms with Crippen molar-refractivity contribution in [2.45, 2.75) is 6.04 Å². The van der Waals surface area contributed by atoms with Gasteiger partial charge >= 0.3 is 0 Å². The summed E-state index contributed by atoms with van der Waals surface area (Å²) in [4.78, 5) is 37.0. The Morgan fingerprint density at radius 1 is 1.16 bits per heavy atom. The first-order valence-corrected chi connectivity index (χ1v) is 9.32. The second kappa shape index (κ2) is 9.45. The fourth-order valence-electron chi connectivity index (χ4n) is 3.39. The van der Waals surface area contributed by atoms with Crippen molar-refractivity contribution in [1.29, 1.82) is 0 Å². The van der Waals surface area contributed by atoms with Gasteiger partial charge in [-0.05, 0) is 17.7 Å². The van der Waals surface area contributed by atoms with Crippen LogP contribution in [-0.4, -0.2) is 58.1 Å². The first-order valence-electron chi connectivity index (χ1n) is 9.32. The third kappa shape index (κ3) is 4.60. The molecule has 3 rings (SSSR count). The Balaban J connectivity index is 2.10. The lowest BCUT2D eigenvalue weighted by Gasteiger charge is -2.25. The first kappa shape index (κ1) is 22.1. The van der Waals surface area contributed by atoms with Gasteiger partial charge in [-0.15, -0.1) is 0 Å². The van der Waals surface area contributed by atoms with Gasteiger partial charge in [0.05, 0.1) is 36.4 Å². The molecule has 0 aromatic heterocycles. The second-order valence-electron chi connectivity index (χ2n) is 6.69. The molecule has 1 aliphatic rings. The van der Waals surface area contributed by atoms with Crippen molar-refractivity contribution in [2.75, 3.05) is 26.4 Å². The minimum absolute atomic E-state index is 0.00372. The van der Waals surface area contributed by atoms with Crippen molar-refractivity contribution in [2.24, 2.45) is 0 Å². The smallest absolute Gasteiger partial charge is 0.295 e. The molecule has 1 saturated heterocycles. The molecule has 1 heterocycles. The van der Waals surface area contributed by atoms with Gasteiger partial charge in [-0.1, -0.05) is 24.3 Å². The Kier molecular flexibility index (Phi) is 6.73. The van der Waals surface area contributed by atoms with E-state index in [-0.39, 0.29) is 48.8 Å². The Labute approximate surface area is 176 Å². The summed E-state index contributed by atoms with van der Waals surface area (Å²) in [6.45, 7) is -0.255. The van der Waals surface area contributed by atoms with Gasteiger partial charge in [0, 0.05) is 24.2 Å². The molecule has 0 bridgehead atoms. The number of likely N-dealkylation sites (tertiary alicyclic amines) is 1. The highest BCUT2D eigenvalue weighted by Gasteiger charge is 2.46. The van der Waals surface area contributed by atoms with E-state index in [0.29, 0.717) is 0 Å². The maximum atomic E-state index is 13.9. The molecule has 31 heavy (non-hydrogen) atoms. The number of amides is 1. The summed E-state index contributed by atoms with van der Waals surface area (Å²) in [5.74, 6) is -3.13. The summed E-state index contributed by atoms with van der Waals surface area (Å²) in [6.07, 6.45) is 0. The number of benzene rings is 2. The summed E-state index contributed by atoms with van der Waals surface area (Å²) < 4.78 is 19.1. The Hall–Kier alpha value is -3.63. The standard InChI is InChI=1S/C21H19FN2O7/c22-15-5-1-3-13(11-15)18-17(19(26)14-4-2-6-16(12-14)24(29)30)20(27)21(28)23(18)7-9-31-10-8-25/h1-6,11-12,18,25-26H,7-10H2/b19-17+/t18-/m1/s1. The van der Waals surface area contributed by atoms with Crippen LogP contribution in [0.2, 0.25) is 0 Å². The van der Waals surface area contributed by atoms with Crippen LogP contribution < -0.4 is 0 Å². The molecule has 1 amide bonds. The molecule has 0 saturated carbocycles. The van der Waals surface area contributed by atoms with Crippen molar-refractivity contribution in [3.05, 3.63) is 81.2 Å². The number of ether oxygens (including phenoxy) is 1. The Bertz CT molecular complexity index is 1050. The number of nitro groups is 1. The van der Waals surface area contributed by atoms with E-state index in [4.69, 9.17) is 9.84 Å². The molecule has 1 aliphatic heterocycles. The number of non-ortho nitro benzene ring substituents is 1. The zero-order valence-electron chi connectivity index (χ0n) is 16.2. The highest BCUT2D eigenvalue weighted by Crippen LogP contribution is 2.39. The zero-order valence-corrected chi connectivity index (χ0v) is 16.2. The molecule has 0 unspecified atom stereocenters. The molecule has 162 valence electrons. The maximum Gasteiger partial charge on any atom is 0.295 e. The SMILES string of the molecule is O=C1C(=O)N(CCOCCO)[C@H](c2cccc(F)c2)/C1=C(\O)c1cccc([N+](=O)[O-])c1. The molecule has 2 aromatic rings. The van der Waals surface area contributed by atoms with E-state index in [0.717, 1.165) is 17.0 Å². The molecule has 0 spiro atoms. The number of hydrogen-bond donors (Lipinski definition) is 2. The predicted molar refractivity (Wildman–Crippen MR) is 106 cm³/mol. The van der Waals surface area contributed by atoms with Crippen LogP contribution in [0, 0.1) is 15.9 Å². The van der Waals surface area contributed by atoms with Gasteiger partial charge in [-0.2, -0.15) is 0 Å². The lowest BCUT2D eigenvalue weighted by atomic mass is 9.95. The topological polar surface area (TPSA) is 130 Å². The zero-order chi connectivity index (χ0) is 22.5. The van der Waals surface area contributed by atoms with Gasteiger partial charge in [0.15, 0.2) is 0 Å². The number of aliphatic hydroxyl groups is 2. The van der Waals surface area contributed by atoms with Crippen molar-refractivity contribution in [1.82, 2.24) is 4.90 Å². The molecule has 10 heteroatoms. The van der Waals surface area contributed by atoms with Gasteiger partial charge in [0.2, 0.25) is 0 Å². The highest BCUT2D eigenvalue weighted by atomic mass is 19.1. The average molecular weight is 430 g/mol. The fourth-order valence-corrected chi connectivity index (χ4v) is 3.39. The number of hydrogen-bond acceptors (Lipinski definition) is 7. The lowest BCUT2D eigenvalue weighted by molar-refractivity contribution is -0.384. The summed E-state index contributed by atoms with van der Waals surface area (Å²) in [5.41, 5.74) is -0.394. The molecular weight excluding hydrogens is 411 g/mol. The molecule has 9 nitrogen and oxygen atoms in total. The van der Waals surface area contributed by atoms with E-state index in [1.54, 1.807) is 0 Å². The van der Waals surface area contributed by atoms with Gasteiger partial charge < -0.3 is 19.8 Å². The van der Waals surface area contributed by atoms with E-state index in [1.807, 2.05) is 0 Å². The highest BCUT2D eigenvalue weighted by molar-refractivity contribution is 6.46. The van der Waals surface area contributed by atoms with Crippen LogP contribution >= 0.6 is 0 Å². The molecule has 0 aliphatic carbocycles. The third-order valence-electron chi connectivity index (χ3n) is 4.75. The lowest BCUT2D eigenvalue weighted by Crippen LogP contribution is -2.33. The van der Waals surface area contributed by atoms with Crippen molar-refractivity contribution in [3.63, 3.8) is 0 Å².